The van der Waals surface area contributed by atoms with Crippen LogP contribution in [0, 0.1) is 6.92 Å². The molecule has 1 amide bonds. The molecule has 0 aliphatic carbocycles. The Kier molecular flexibility index (Phi) is 5.68. The predicted octanol–water partition coefficient (Wildman–Crippen LogP) is 2.56. The van der Waals surface area contributed by atoms with E-state index in [0.29, 0.717) is 24.0 Å². The van der Waals surface area contributed by atoms with Crippen molar-refractivity contribution in [3.63, 3.8) is 0 Å². The first-order valence-corrected chi connectivity index (χ1v) is 7.10. The summed E-state index contributed by atoms with van der Waals surface area (Å²) in [6.45, 7) is 2.83. The number of amides is 1. The molecule has 0 atom stereocenters. The molecule has 0 saturated heterocycles. The van der Waals surface area contributed by atoms with E-state index in [1.165, 1.54) is 12.4 Å². The second-order valence-corrected chi connectivity index (χ2v) is 5.06. The van der Waals surface area contributed by atoms with Gasteiger partial charge in [-0.05, 0) is 30.7 Å². The zero-order valence-electron chi connectivity index (χ0n) is 12.4. The van der Waals surface area contributed by atoms with Crippen molar-refractivity contribution in [2.24, 2.45) is 0 Å². The van der Waals surface area contributed by atoms with Crippen LogP contribution >= 0.6 is 11.6 Å². The fourth-order valence-electron chi connectivity index (χ4n) is 1.77. The number of carbonyl (C=O) groups is 1. The van der Waals surface area contributed by atoms with Gasteiger partial charge in [-0.25, -0.2) is 9.97 Å². The lowest BCUT2D eigenvalue weighted by Crippen LogP contribution is -2.27. The van der Waals surface area contributed by atoms with Gasteiger partial charge in [0, 0.05) is 24.4 Å². The summed E-state index contributed by atoms with van der Waals surface area (Å²) >= 11 is 5.92. The molecular formula is C15H17ClN4O2. The third kappa shape index (κ3) is 4.41. The molecule has 0 fully saturated rings. The summed E-state index contributed by atoms with van der Waals surface area (Å²) in [5.41, 5.74) is 2.14. The van der Waals surface area contributed by atoms with Crippen molar-refractivity contribution in [3.8, 4) is 0 Å². The summed E-state index contributed by atoms with van der Waals surface area (Å²) < 4.78 is 4.86. The van der Waals surface area contributed by atoms with Gasteiger partial charge in [0.2, 0.25) is 0 Å². The maximum absolute atomic E-state index is 11.8. The van der Waals surface area contributed by atoms with Crippen LogP contribution in [0.15, 0.2) is 30.6 Å². The average Bonchev–Trinajstić information content (AvgIpc) is 2.51. The van der Waals surface area contributed by atoms with E-state index in [2.05, 4.69) is 20.6 Å². The fraction of sp³-hybridized carbons (Fsp3) is 0.267. The van der Waals surface area contributed by atoms with Gasteiger partial charge in [0.25, 0.3) is 5.91 Å². The number of methoxy groups -OCH3 is 1. The highest BCUT2D eigenvalue weighted by atomic mass is 35.5. The minimum atomic E-state index is -0.279. The Morgan fingerprint density at radius 3 is 2.77 bits per heavy atom. The van der Waals surface area contributed by atoms with Crippen molar-refractivity contribution >= 4 is 29.0 Å². The van der Waals surface area contributed by atoms with Crippen LogP contribution in [0.4, 0.5) is 11.5 Å². The number of hydrogen-bond donors (Lipinski definition) is 2. The molecular weight excluding hydrogens is 304 g/mol. The number of carbonyl (C=O) groups excluding carboxylic acids is 1. The predicted molar refractivity (Wildman–Crippen MR) is 85.7 cm³/mol. The van der Waals surface area contributed by atoms with E-state index in [1.54, 1.807) is 13.2 Å². The number of aryl methyl sites for hydroxylation is 1. The largest absolute Gasteiger partial charge is 0.383 e. The van der Waals surface area contributed by atoms with Gasteiger partial charge in [-0.2, -0.15) is 0 Å². The summed E-state index contributed by atoms with van der Waals surface area (Å²) in [5, 5.41) is 6.49. The van der Waals surface area contributed by atoms with Gasteiger partial charge in [-0.1, -0.05) is 11.6 Å². The third-order valence-corrected chi connectivity index (χ3v) is 3.16. The second-order valence-electron chi connectivity index (χ2n) is 4.62. The average molecular weight is 321 g/mol. The molecule has 0 aliphatic heterocycles. The van der Waals surface area contributed by atoms with E-state index in [1.807, 2.05) is 19.1 Å². The molecule has 1 heterocycles. The lowest BCUT2D eigenvalue weighted by molar-refractivity contribution is 0.0932. The molecule has 2 rings (SSSR count). The molecule has 2 N–H and O–H groups in total. The van der Waals surface area contributed by atoms with Crippen LogP contribution in [0.2, 0.25) is 5.02 Å². The number of halogens is 1. The molecule has 0 bridgehead atoms. The molecule has 1 aromatic heterocycles. The number of hydrogen-bond acceptors (Lipinski definition) is 5. The number of nitrogens with zero attached hydrogens (tertiary/aromatic N) is 2. The van der Waals surface area contributed by atoms with Crippen LogP contribution < -0.4 is 10.6 Å². The van der Waals surface area contributed by atoms with Crippen LogP contribution in [-0.4, -0.2) is 36.1 Å². The Morgan fingerprint density at radius 2 is 2.14 bits per heavy atom. The van der Waals surface area contributed by atoms with Gasteiger partial charge in [-0.3, -0.25) is 4.79 Å². The molecule has 1 aromatic carbocycles. The first-order chi connectivity index (χ1) is 10.6. The molecule has 0 saturated carbocycles. The van der Waals surface area contributed by atoms with E-state index in [-0.39, 0.29) is 11.6 Å². The number of ether oxygens (including phenoxy) is 1. The fourth-order valence-corrected chi connectivity index (χ4v) is 2.00. The molecule has 7 heteroatoms. The normalized spacial score (nSPS) is 10.3. The number of anilines is 2. The quantitative estimate of drug-likeness (QED) is 0.800. The van der Waals surface area contributed by atoms with Crippen molar-refractivity contribution in [2.75, 3.05) is 25.6 Å². The van der Waals surface area contributed by atoms with Crippen LogP contribution in [0.3, 0.4) is 0 Å². The highest BCUT2D eigenvalue weighted by Crippen LogP contribution is 2.22. The van der Waals surface area contributed by atoms with E-state index >= 15 is 0 Å². The van der Waals surface area contributed by atoms with Gasteiger partial charge in [0.05, 0.1) is 19.0 Å². The Morgan fingerprint density at radius 1 is 1.32 bits per heavy atom. The monoisotopic (exact) mass is 320 g/mol. The molecule has 22 heavy (non-hydrogen) atoms. The maximum Gasteiger partial charge on any atom is 0.271 e. The smallest absolute Gasteiger partial charge is 0.271 e. The molecule has 116 valence electrons. The number of rotatable bonds is 6. The molecule has 0 aliphatic rings. The van der Waals surface area contributed by atoms with Crippen LogP contribution in [-0.2, 0) is 4.74 Å². The Labute approximate surface area is 133 Å². The highest BCUT2D eigenvalue weighted by Gasteiger charge is 2.08. The van der Waals surface area contributed by atoms with Gasteiger partial charge < -0.3 is 15.4 Å². The number of nitrogens with one attached hydrogen (secondary N) is 2. The summed E-state index contributed by atoms with van der Waals surface area (Å²) in [7, 11) is 1.57. The summed E-state index contributed by atoms with van der Waals surface area (Å²) in [5.74, 6) is 0.276. The topological polar surface area (TPSA) is 76.1 Å². The number of aromatic nitrogens is 2. The molecule has 6 nitrogen and oxygen atoms in total. The Balaban J connectivity index is 2.01. The van der Waals surface area contributed by atoms with Crippen molar-refractivity contribution < 1.29 is 9.53 Å². The van der Waals surface area contributed by atoms with E-state index in [9.17, 15) is 4.79 Å². The van der Waals surface area contributed by atoms with Crippen LogP contribution in [0.25, 0.3) is 0 Å². The first-order valence-electron chi connectivity index (χ1n) is 6.72. The zero-order valence-corrected chi connectivity index (χ0v) is 13.1. The molecule has 0 radical (unpaired) electrons. The molecule has 2 aromatic rings. The van der Waals surface area contributed by atoms with Gasteiger partial charge >= 0.3 is 0 Å². The van der Waals surface area contributed by atoms with E-state index in [4.69, 9.17) is 16.3 Å². The SMILES string of the molecule is COCCNC(=O)c1cnc(Nc2ccc(Cl)cc2C)cn1. The Hall–Kier alpha value is -2.18. The van der Waals surface area contributed by atoms with Crippen molar-refractivity contribution in [3.05, 3.63) is 46.9 Å². The standard InChI is InChI=1S/C15H17ClN4O2/c1-10-7-11(16)3-4-12(10)20-14-9-18-13(8-19-14)15(21)17-5-6-22-2/h3-4,7-9H,5-6H2,1-2H3,(H,17,21)(H,19,20). The lowest BCUT2D eigenvalue weighted by atomic mass is 10.2. The zero-order chi connectivity index (χ0) is 15.9. The van der Waals surface area contributed by atoms with Gasteiger partial charge in [0.15, 0.2) is 0 Å². The highest BCUT2D eigenvalue weighted by molar-refractivity contribution is 6.30. The van der Waals surface area contributed by atoms with Crippen molar-refractivity contribution in [2.45, 2.75) is 6.92 Å². The summed E-state index contributed by atoms with van der Waals surface area (Å²) in [6, 6.07) is 5.52. The molecule has 0 unspecified atom stereocenters. The minimum absolute atomic E-state index is 0.259. The number of benzene rings is 1. The van der Waals surface area contributed by atoms with Gasteiger partial charge in [0.1, 0.15) is 11.5 Å². The van der Waals surface area contributed by atoms with Crippen molar-refractivity contribution in [1.29, 1.82) is 0 Å². The second kappa shape index (κ2) is 7.72. The summed E-state index contributed by atoms with van der Waals surface area (Å²) in [6.07, 6.45) is 2.94. The lowest BCUT2D eigenvalue weighted by Gasteiger charge is -2.09. The maximum atomic E-state index is 11.8. The van der Waals surface area contributed by atoms with E-state index < -0.39 is 0 Å². The third-order valence-electron chi connectivity index (χ3n) is 2.93. The summed E-state index contributed by atoms with van der Waals surface area (Å²) in [4.78, 5) is 20.1. The first kappa shape index (κ1) is 16.2. The van der Waals surface area contributed by atoms with Crippen molar-refractivity contribution in [1.82, 2.24) is 15.3 Å². The van der Waals surface area contributed by atoms with Gasteiger partial charge in [-0.15, -0.1) is 0 Å². The van der Waals surface area contributed by atoms with Crippen LogP contribution in [0.5, 0.6) is 0 Å². The molecule has 0 spiro atoms. The Bertz CT molecular complexity index is 646. The minimum Gasteiger partial charge on any atom is -0.383 e. The van der Waals surface area contributed by atoms with Crippen LogP contribution in [0.1, 0.15) is 16.1 Å². The van der Waals surface area contributed by atoms with E-state index in [0.717, 1.165) is 11.3 Å².